The summed E-state index contributed by atoms with van der Waals surface area (Å²) in [6.07, 6.45) is 0. The van der Waals surface area contributed by atoms with E-state index in [1.165, 1.54) is 54.5 Å². The molecule has 3 heterocycles. The molecule has 0 radical (unpaired) electrons. The molecule has 0 aliphatic carbocycles. The summed E-state index contributed by atoms with van der Waals surface area (Å²) in [7, 11) is 0. The lowest BCUT2D eigenvalue weighted by molar-refractivity contribution is 1.10. The van der Waals surface area contributed by atoms with Gasteiger partial charge in [0.25, 0.3) is 0 Å². The molecule has 3 heteroatoms. The summed E-state index contributed by atoms with van der Waals surface area (Å²) in [4.78, 5) is 5.28. The molecule has 10 rings (SSSR count). The third-order valence-electron chi connectivity index (χ3n) is 9.50. The van der Waals surface area contributed by atoms with E-state index in [1.54, 1.807) is 0 Å². The topological polar surface area (TPSA) is 22.8 Å². The van der Waals surface area contributed by atoms with Crippen LogP contribution in [0.1, 0.15) is 0 Å². The van der Waals surface area contributed by atoms with Crippen LogP contribution in [0, 0.1) is 0 Å². The fraction of sp³-hybridized carbons (Fsp3) is 0. The first-order chi connectivity index (χ1) is 22.8. The molecule has 0 bridgehead atoms. The summed E-state index contributed by atoms with van der Waals surface area (Å²) in [5.74, 6) is 0.919. The van der Waals surface area contributed by atoms with E-state index in [-0.39, 0.29) is 0 Å². The molecular weight excluding hydrogens is 558 g/mol. The maximum Gasteiger partial charge on any atom is 0.138 e. The summed E-state index contributed by atoms with van der Waals surface area (Å²) in [5, 5.41) is 8.63. The zero-order valence-corrected chi connectivity index (χ0v) is 24.9. The van der Waals surface area contributed by atoms with Crippen LogP contribution in [0.4, 0.5) is 0 Å². The minimum atomic E-state index is 0.919. The molecule has 3 nitrogen and oxygen atoms in total. The van der Waals surface area contributed by atoms with E-state index in [1.807, 2.05) is 0 Å². The van der Waals surface area contributed by atoms with E-state index >= 15 is 0 Å². The van der Waals surface area contributed by atoms with Crippen molar-refractivity contribution in [3.8, 4) is 22.6 Å². The average molecular weight is 586 g/mol. The van der Waals surface area contributed by atoms with Crippen molar-refractivity contribution in [3.05, 3.63) is 164 Å². The second-order valence-electron chi connectivity index (χ2n) is 12.0. The number of hydrogen-bond donors (Lipinski definition) is 0. The highest BCUT2D eigenvalue weighted by molar-refractivity contribution is 6.28. The molecule has 0 spiro atoms. The van der Waals surface area contributed by atoms with Crippen molar-refractivity contribution in [2.75, 3.05) is 0 Å². The van der Waals surface area contributed by atoms with E-state index < -0.39 is 0 Å². The van der Waals surface area contributed by atoms with Gasteiger partial charge in [-0.05, 0) is 59.0 Å². The van der Waals surface area contributed by atoms with Crippen molar-refractivity contribution >= 4 is 65.3 Å². The standard InChI is InChI=1S/C43H27N3/c1-3-13-28(14-4-1)36-27-41(44-37-20-10-7-17-30(36)37)46-39-22-12-9-19-35(39)42-32-23-24-33-31-18-8-11-21-38(31)45(29-15-5-2-6-16-29)43(33)34(32)25-26-40(42)46/h1-27H. The molecular formula is C43H27N3. The average Bonchev–Trinajstić information content (AvgIpc) is 3.65. The quantitative estimate of drug-likeness (QED) is 0.202. The van der Waals surface area contributed by atoms with Crippen molar-refractivity contribution in [1.82, 2.24) is 14.1 Å². The summed E-state index contributed by atoms with van der Waals surface area (Å²) < 4.78 is 4.77. The van der Waals surface area contributed by atoms with Crippen LogP contribution in [-0.2, 0) is 0 Å². The maximum absolute atomic E-state index is 5.28. The van der Waals surface area contributed by atoms with Gasteiger partial charge >= 0.3 is 0 Å². The van der Waals surface area contributed by atoms with Gasteiger partial charge in [0.05, 0.1) is 27.6 Å². The smallest absolute Gasteiger partial charge is 0.138 e. The number of fused-ring (bicyclic) bond motifs is 10. The van der Waals surface area contributed by atoms with E-state index in [2.05, 4.69) is 173 Å². The Kier molecular flexibility index (Phi) is 5.28. The number of nitrogens with zero attached hydrogens (tertiary/aromatic N) is 3. The van der Waals surface area contributed by atoms with Crippen molar-refractivity contribution < 1.29 is 0 Å². The van der Waals surface area contributed by atoms with Gasteiger partial charge in [-0.2, -0.15) is 0 Å². The first-order valence-electron chi connectivity index (χ1n) is 15.7. The van der Waals surface area contributed by atoms with Crippen LogP contribution in [0.2, 0.25) is 0 Å². The van der Waals surface area contributed by atoms with Crippen LogP contribution in [0.5, 0.6) is 0 Å². The normalized spacial score (nSPS) is 11.9. The summed E-state index contributed by atoms with van der Waals surface area (Å²) in [5.41, 5.74) is 9.27. The van der Waals surface area contributed by atoms with Gasteiger partial charge in [-0.15, -0.1) is 0 Å². The SMILES string of the molecule is c1ccc(-c2cc(-n3c4ccccc4c4c5ccc6c7ccccc7n(-c7ccccc7)c6c5ccc43)nc3ccccc23)cc1. The molecule has 7 aromatic carbocycles. The lowest BCUT2D eigenvalue weighted by Gasteiger charge is -2.13. The van der Waals surface area contributed by atoms with Gasteiger partial charge in [-0.25, -0.2) is 4.98 Å². The number of pyridine rings is 1. The molecule has 0 N–H and O–H groups in total. The Bertz CT molecular complexity index is 2790. The van der Waals surface area contributed by atoms with Crippen molar-refractivity contribution in [2.24, 2.45) is 0 Å². The van der Waals surface area contributed by atoms with Crippen LogP contribution in [0.15, 0.2) is 164 Å². The molecule has 10 aromatic rings. The number of aromatic nitrogens is 3. The van der Waals surface area contributed by atoms with Gasteiger partial charge in [0, 0.05) is 38.0 Å². The predicted octanol–water partition coefficient (Wildman–Crippen LogP) is 11.2. The van der Waals surface area contributed by atoms with E-state index in [0.29, 0.717) is 0 Å². The molecule has 0 atom stereocenters. The Morgan fingerprint density at radius 3 is 1.78 bits per heavy atom. The van der Waals surface area contributed by atoms with Crippen LogP contribution in [0.25, 0.3) is 87.9 Å². The lowest BCUT2D eigenvalue weighted by Crippen LogP contribution is -1.99. The molecule has 214 valence electrons. The Morgan fingerprint density at radius 2 is 0.978 bits per heavy atom. The molecule has 0 saturated heterocycles. The number of rotatable bonds is 3. The van der Waals surface area contributed by atoms with Crippen molar-refractivity contribution in [3.63, 3.8) is 0 Å². The first kappa shape index (κ1) is 25.2. The van der Waals surface area contributed by atoms with Crippen LogP contribution >= 0.6 is 0 Å². The maximum atomic E-state index is 5.28. The van der Waals surface area contributed by atoms with Crippen LogP contribution in [-0.4, -0.2) is 14.1 Å². The highest BCUT2D eigenvalue weighted by Gasteiger charge is 2.20. The number of hydrogen-bond acceptors (Lipinski definition) is 1. The largest absolute Gasteiger partial charge is 0.309 e. The second-order valence-corrected chi connectivity index (χ2v) is 12.0. The zero-order chi connectivity index (χ0) is 30.2. The lowest BCUT2D eigenvalue weighted by atomic mass is 10.0. The fourth-order valence-electron chi connectivity index (χ4n) is 7.56. The molecule has 0 unspecified atom stereocenters. The first-order valence-corrected chi connectivity index (χ1v) is 15.7. The van der Waals surface area contributed by atoms with E-state index in [4.69, 9.17) is 4.98 Å². The summed E-state index contributed by atoms with van der Waals surface area (Å²) in [6.45, 7) is 0. The van der Waals surface area contributed by atoms with E-state index in [0.717, 1.165) is 33.4 Å². The van der Waals surface area contributed by atoms with Crippen molar-refractivity contribution in [2.45, 2.75) is 0 Å². The van der Waals surface area contributed by atoms with Gasteiger partial charge in [-0.3, -0.25) is 4.57 Å². The Labute approximate surface area is 265 Å². The van der Waals surface area contributed by atoms with Crippen molar-refractivity contribution in [1.29, 1.82) is 0 Å². The molecule has 0 amide bonds. The molecule has 3 aromatic heterocycles. The number of para-hydroxylation sites is 4. The Hall–Kier alpha value is -6.19. The van der Waals surface area contributed by atoms with Crippen LogP contribution in [0.3, 0.4) is 0 Å². The highest BCUT2D eigenvalue weighted by atomic mass is 15.1. The zero-order valence-electron chi connectivity index (χ0n) is 24.9. The second kappa shape index (κ2) is 9.65. The highest BCUT2D eigenvalue weighted by Crippen LogP contribution is 2.42. The molecule has 0 fully saturated rings. The van der Waals surface area contributed by atoms with Gasteiger partial charge in [0.2, 0.25) is 0 Å². The monoisotopic (exact) mass is 585 g/mol. The summed E-state index contributed by atoms with van der Waals surface area (Å²) >= 11 is 0. The van der Waals surface area contributed by atoms with Gasteiger partial charge < -0.3 is 4.57 Å². The number of benzene rings is 7. The van der Waals surface area contributed by atoms with Gasteiger partial charge in [-0.1, -0.05) is 121 Å². The van der Waals surface area contributed by atoms with Gasteiger partial charge in [0.15, 0.2) is 0 Å². The summed E-state index contributed by atoms with van der Waals surface area (Å²) in [6, 6.07) is 58.8. The fourth-order valence-corrected chi connectivity index (χ4v) is 7.56. The molecule has 0 aliphatic heterocycles. The molecule has 46 heavy (non-hydrogen) atoms. The van der Waals surface area contributed by atoms with Gasteiger partial charge in [0.1, 0.15) is 5.82 Å². The Morgan fingerprint density at radius 1 is 0.391 bits per heavy atom. The minimum absolute atomic E-state index is 0.919. The third kappa shape index (κ3) is 3.51. The third-order valence-corrected chi connectivity index (χ3v) is 9.50. The molecule has 0 saturated carbocycles. The minimum Gasteiger partial charge on any atom is -0.309 e. The molecule has 0 aliphatic rings. The van der Waals surface area contributed by atoms with E-state index in [9.17, 15) is 0 Å². The predicted molar refractivity (Wildman–Crippen MR) is 193 cm³/mol. The van der Waals surface area contributed by atoms with Crippen LogP contribution < -0.4 is 0 Å². The Balaban J connectivity index is 1.34.